The number of esters is 3. The van der Waals surface area contributed by atoms with Gasteiger partial charge < -0.3 is 14.2 Å². The predicted octanol–water partition coefficient (Wildman–Crippen LogP) is 11.7. The molecule has 0 aromatic carbocycles. The Labute approximate surface area is 325 Å². The number of ether oxygens (including phenoxy) is 3. The molecule has 3 atom stereocenters. The summed E-state index contributed by atoms with van der Waals surface area (Å²) in [7, 11) is 0. The lowest BCUT2D eigenvalue weighted by Gasteiger charge is -2.17. The topological polar surface area (TPSA) is 81.9 Å². The van der Waals surface area contributed by atoms with Gasteiger partial charge in [-0.05, 0) is 57.8 Å². The predicted molar refractivity (Wildman–Crippen MR) is 221 cm³/mol. The highest BCUT2D eigenvalue weighted by Gasteiger charge is 2.36. The minimum Gasteiger partial charge on any atom is -0.462 e. The molecule has 0 aromatic rings. The second-order valence-corrected chi connectivity index (χ2v) is 15.8. The lowest BCUT2D eigenvalue weighted by Crippen LogP contribution is -2.17. The van der Waals surface area contributed by atoms with Gasteiger partial charge in [0.2, 0.25) is 0 Å². The summed E-state index contributed by atoms with van der Waals surface area (Å²) in [6.07, 6.45) is 34.7. The molecule has 1 aliphatic heterocycles. The summed E-state index contributed by atoms with van der Waals surface area (Å²) in [4.78, 5) is 35.4. The van der Waals surface area contributed by atoms with Gasteiger partial charge >= 0.3 is 17.9 Å². The number of allylic oxidation sites excluding steroid dienone is 2. The van der Waals surface area contributed by atoms with Crippen LogP contribution in [-0.2, 0) is 28.6 Å². The average molecular weight is 742 g/mol. The standard InChI is InChI=1S/C26H50O2.C12H16O2.C8H13NO2/c1-4-5-6-7-8-9-10-11-12-13-14-15-16-17-18-19-20-21-22-23-24-28-26(27)25(2)3;1-8(2)12(13)14-7-11-6-9-3-4-10(11)5-9;1-7(2)8(10)11-6-5-9-3-4-9/h2,4-24H2,1,3H3;3-4,9-11H,1,5-7H2,2H3;1,3-6H2,2H3. The van der Waals surface area contributed by atoms with Crippen LogP contribution in [0, 0.1) is 17.8 Å². The SMILES string of the molecule is C=C(C)C(=O)OCC1CC2C=CC1C2.C=C(C)C(=O)OCCCCCCCCCCCCCCCCCCCCCC.C=C(C)C(=O)OCCN1CC1. The van der Waals surface area contributed by atoms with Gasteiger partial charge in [0.1, 0.15) is 6.61 Å². The summed E-state index contributed by atoms with van der Waals surface area (Å²) in [5.74, 6) is 1.15. The molecule has 7 heteroatoms. The lowest BCUT2D eigenvalue weighted by atomic mass is 9.95. The van der Waals surface area contributed by atoms with Crippen LogP contribution in [0.25, 0.3) is 0 Å². The average Bonchev–Trinajstić information content (AvgIpc) is 3.72. The van der Waals surface area contributed by atoms with Crippen molar-refractivity contribution in [2.24, 2.45) is 17.8 Å². The monoisotopic (exact) mass is 742 g/mol. The Kier molecular flexibility index (Phi) is 28.9. The van der Waals surface area contributed by atoms with Gasteiger partial charge in [-0.2, -0.15) is 0 Å². The highest BCUT2D eigenvalue weighted by Crippen LogP contribution is 2.43. The molecule has 1 saturated carbocycles. The number of hydrogen-bond acceptors (Lipinski definition) is 7. The van der Waals surface area contributed by atoms with Crippen LogP contribution >= 0.6 is 0 Å². The smallest absolute Gasteiger partial charge is 0.333 e. The van der Waals surface area contributed by atoms with Gasteiger partial charge in [0.25, 0.3) is 0 Å². The molecule has 1 saturated heterocycles. The summed E-state index contributed by atoms with van der Waals surface area (Å²) in [5, 5.41) is 0. The molecule has 3 aliphatic rings. The van der Waals surface area contributed by atoms with E-state index in [9.17, 15) is 14.4 Å². The van der Waals surface area contributed by atoms with E-state index >= 15 is 0 Å². The summed E-state index contributed by atoms with van der Waals surface area (Å²) in [5.41, 5.74) is 1.45. The molecule has 2 fully saturated rings. The van der Waals surface area contributed by atoms with Crippen LogP contribution < -0.4 is 0 Å². The number of carbonyl (C=O) groups excluding carboxylic acids is 3. The Hall–Kier alpha value is -2.67. The van der Waals surface area contributed by atoms with E-state index in [0.29, 0.717) is 48.4 Å². The van der Waals surface area contributed by atoms with Crippen LogP contribution in [0.2, 0.25) is 0 Å². The van der Waals surface area contributed by atoms with Crippen LogP contribution in [-0.4, -0.2) is 62.3 Å². The third-order valence-electron chi connectivity index (χ3n) is 10.3. The van der Waals surface area contributed by atoms with Gasteiger partial charge in [0, 0.05) is 36.4 Å². The fourth-order valence-corrected chi connectivity index (χ4v) is 6.72. The highest BCUT2D eigenvalue weighted by molar-refractivity contribution is 5.87. The van der Waals surface area contributed by atoms with Crippen molar-refractivity contribution in [1.82, 2.24) is 4.90 Å². The molecule has 0 aromatic heterocycles. The zero-order valence-corrected chi connectivity index (χ0v) is 34.7. The van der Waals surface area contributed by atoms with Gasteiger partial charge in [-0.3, -0.25) is 4.90 Å². The molecule has 3 rings (SSSR count). The Morgan fingerprint density at radius 1 is 0.547 bits per heavy atom. The van der Waals surface area contributed by atoms with E-state index in [1.165, 1.54) is 135 Å². The molecular formula is C46H79NO6. The van der Waals surface area contributed by atoms with E-state index < -0.39 is 0 Å². The molecule has 2 aliphatic carbocycles. The molecule has 0 amide bonds. The Balaban J connectivity index is 0.000000458. The first-order valence-electron chi connectivity index (χ1n) is 21.4. The Morgan fingerprint density at radius 3 is 1.30 bits per heavy atom. The number of hydrogen-bond donors (Lipinski definition) is 0. The number of fused-ring (bicyclic) bond motifs is 2. The number of nitrogens with zero attached hydrogens (tertiary/aromatic N) is 1. The number of carbonyl (C=O) groups is 3. The van der Waals surface area contributed by atoms with E-state index in [0.717, 1.165) is 32.0 Å². The molecular weight excluding hydrogens is 663 g/mol. The van der Waals surface area contributed by atoms with Gasteiger partial charge in [-0.15, -0.1) is 0 Å². The molecule has 0 spiro atoms. The molecule has 3 unspecified atom stereocenters. The Bertz CT molecular complexity index is 1080. The molecule has 0 radical (unpaired) electrons. The maximum absolute atomic E-state index is 11.2. The fraction of sp³-hybridized carbons (Fsp3) is 0.761. The van der Waals surface area contributed by atoms with E-state index in [1.54, 1.807) is 20.8 Å². The molecule has 53 heavy (non-hydrogen) atoms. The normalized spacial score (nSPS) is 17.9. The second kappa shape index (κ2) is 31.7. The molecule has 1 heterocycles. The van der Waals surface area contributed by atoms with Crippen LogP contribution in [0.15, 0.2) is 48.6 Å². The molecule has 2 bridgehead atoms. The maximum atomic E-state index is 11.2. The molecule has 0 N–H and O–H groups in total. The summed E-state index contributed by atoms with van der Waals surface area (Å²) in [6.45, 7) is 22.7. The number of rotatable bonds is 29. The third kappa shape index (κ3) is 27.6. The van der Waals surface area contributed by atoms with Crippen LogP contribution in [0.5, 0.6) is 0 Å². The highest BCUT2D eigenvalue weighted by atomic mass is 16.5. The minimum absolute atomic E-state index is 0.252. The molecule has 7 nitrogen and oxygen atoms in total. The van der Waals surface area contributed by atoms with Crippen molar-refractivity contribution in [2.75, 3.05) is 39.5 Å². The van der Waals surface area contributed by atoms with E-state index in [-0.39, 0.29) is 17.9 Å². The molecule has 304 valence electrons. The first-order chi connectivity index (χ1) is 25.5. The summed E-state index contributed by atoms with van der Waals surface area (Å²) < 4.78 is 15.1. The van der Waals surface area contributed by atoms with Crippen LogP contribution in [0.1, 0.15) is 169 Å². The van der Waals surface area contributed by atoms with E-state index in [4.69, 9.17) is 14.2 Å². The lowest BCUT2D eigenvalue weighted by molar-refractivity contribution is -0.141. The van der Waals surface area contributed by atoms with Gasteiger partial charge in [-0.1, -0.05) is 161 Å². The summed E-state index contributed by atoms with van der Waals surface area (Å²) >= 11 is 0. The van der Waals surface area contributed by atoms with E-state index in [1.807, 2.05) is 0 Å². The van der Waals surface area contributed by atoms with Gasteiger partial charge in [-0.25, -0.2) is 14.4 Å². The van der Waals surface area contributed by atoms with Crippen LogP contribution in [0.4, 0.5) is 0 Å². The zero-order valence-electron chi connectivity index (χ0n) is 34.7. The van der Waals surface area contributed by atoms with Gasteiger partial charge in [0.05, 0.1) is 13.2 Å². The van der Waals surface area contributed by atoms with Crippen molar-refractivity contribution < 1.29 is 28.6 Å². The second-order valence-electron chi connectivity index (χ2n) is 15.8. The minimum atomic E-state index is -0.285. The quantitative estimate of drug-likeness (QED) is 0.0188. The van der Waals surface area contributed by atoms with Crippen molar-refractivity contribution in [3.8, 4) is 0 Å². The number of unbranched alkanes of at least 4 members (excludes halogenated alkanes) is 19. The van der Waals surface area contributed by atoms with Crippen molar-refractivity contribution in [3.63, 3.8) is 0 Å². The fourth-order valence-electron chi connectivity index (χ4n) is 6.72. The van der Waals surface area contributed by atoms with Crippen molar-refractivity contribution in [2.45, 2.75) is 169 Å². The zero-order chi connectivity index (χ0) is 39.1. The Morgan fingerprint density at radius 2 is 0.943 bits per heavy atom. The largest absolute Gasteiger partial charge is 0.462 e. The van der Waals surface area contributed by atoms with Crippen molar-refractivity contribution in [3.05, 3.63) is 48.6 Å². The first-order valence-corrected chi connectivity index (χ1v) is 21.4. The van der Waals surface area contributed by atoms with Crippen molar-refractivity contribution >= 4 is 17.9 Å². The summed E-state index contributed by atoms with van der Waals surface area (Å²) in [6, 6.07) is 0. The van der Waals surface area contributed by atoms with Gasteiger partial charge in [0.15, 0.2) is 0 Å². The first kappa shape index (κ1) is 48.3. The van der Waals surface area contributed by atoms with Crippen molar-refractivity contribution in [1.29, 1.82) is 0 Å². The van der Waals surface area contributed by atoms with E-state index in [2.05, 4.69) is 43.7 Å². The van der Waals surface area contributed by atoms with Crippen LogP contribution in [0.3, 0.4) is 0 Å². The third-order valence-corrected chi connectivity index (χ3v) is 10.3. The maximum Gasteiger partial charge on any atom is 0.333 e.